The summed E-state index contributed by atoms with van der Waals surface area (Å²) in [5.41, 5.74) is 0.562. The number of esters is 1. The van der Waals surface area contributed by atoms with E-state index in [1.807, 2.05) is 13.0 Å². The Morgan fingerprint density at radius 2 is 1.69 bits per heavy atom. The maximum absolute atomic E-state index is 14.0. The van der Waals surface area contributed by atoms with E-state index in [9.17, 15) is 14.0 Å². The highest BCUT2D eigenvalue weighted by atomic mass is 19.1. The van der Waals surface area contributed by atoms with Gasteiger partial charge in [-0.1, -0.05) is 6.07 Å². The van der Waals surface area contributed by atoms with Crippen LogP contribution in [-0.4, -0.2) is 51.3 Å². The maximum atomic E-state index is 14.0. The van der Waals surface area contributed by atoms with E-state index in [1.54, 1.807) is 19.2 Å². The molecule has 0 bridgehead atoms. The molecule has 8 heteroatoms. The SMILES string of the molecule is CCN(Cc1ccc(OC)c(OC)c1)C(=O)COC(=O)c1ccc(OC)cc1F. The van der Waals surface area contributed by atoms with Crippen LogP contribution in [0.25, 0.3) is 0 Å². The Morgan fingerprint density at radius 1 is 0.966 bits per heavy atom. The van der Waals surface area contributed by atoms with Crippen LogP contribution < -0.4 is 14.2 Å². The molecule has 156 valence electrons. The highest BCUT2D eigenvalue weighted by Gasteiger charge is 2.19. The number of carbonyl (C=O) groups excluding carboxylic acids is 2. The number of likely N-dealkylation sites (N-methyl/N-ethyl adjacent to an activating group) is 1. The summed E-state index contributed by atoms with van der Waals surface area (Å²) in [6.07, 6.45) is 0. The molecule has 2 aromatic rings. The normalized spacial score (nSPS) is 10.2. The predicted octanol–water partition coefficient (Wildman–Crippen LogP) is 3.06. The minimum absolute atomic E-state index is 0.262. The first-order valence-electron chi connectivity index (χ1n) is 8.92. The first-order chi connectivity index (χ1) is 13.9. The fraction of sp³-hybridized carbons (Fsp3) is 0.333. The Bertz CT molecular complexity index is 870. The van der Waals surface area contributed by atoms with Crippen LogP contribution in [0.1, 0.15) is 22.8 Å². The van der Waals surface area contributed by atoms with Crippen LogP contribution in [0.5, 0.6) is 17.2 Å². The average molecular weight is 405 g/mol. The second-order valence-corrected chi connectivity index (χ2v) is 6.02. The lowest BCUT2D eigenvalue weighted by Gasteiger charge is -2.21. The number of carbonyl (C=O) groups is 2. The topological polar surface area (TPSA) is 74.3 Å². The summed E-state index contributed by atoms with van der Waals surface area (Å²) in [7, 11) is 4.46. The minimum Gasteiger partial charge on any atom is -0.497 e. The van der Waals surface area contributed by atoms with E-state index in [4.69, 9.17) is 18.9 Å². The third-order valence-corrected chi connectivity index (χ3v) is 4.28. The fourth-order valence-corrected chi connectivity index (χ4v) is 2.66. The molecule has 0 aliphatic rings. The van der Waals surface area contributed by atoms with Gasteiger partial charge in [0.2, 0.25) is 0 Å². The quantitative estimate of drug-likeness (QED) is 0.597. The first kappa shape index (κ1) is 22.0. The van der Waals surface area contributed by atoms with Gasteiger partial charge in [0.05, 0.1) is 26.9 Å². The average Bonchev–Trinajstić information content (AvgIpc) is 2.75. The molecule has 0 saturated heterocycles. The minimum atomic E-state index is -0.916. The summed E-state index contributed by atoms with van der Waals surface area (Å²) in [5, 5.41) is 0. The summed E-state index contributed by atoms with van der Waals surface area (Å²) in [5.74, 6) is -0.678. The number of ether oxygens (including phenoxy) is 4. The predicted molar refractivity (Wildman–Crippen MR) is 104 cm³/mol. The van der Waals surface area contributed by atoms with Gasteiger partial charge in [-0.05, 0) is 36.8 Å². The van der Waals surface area contributed by atoms with Crippen molar-refractivity contribution >= 4 is 11.9 Å². The van der Waals surface area contributed by atoms with Gasteiger partial charge in [0.25, 0.3) is 5.91 Å². The molecule has 0 heterocycles. The third kappa shape index (κ3) is 5.60. The summed E-state index contributed by atoms with van der Waals surface area (Å²) in [4.78, 5) is 26.1. The van der Waals surface area contributed by atoms with Gasteiger partial charge in [0, 0.05) is 19.2 Å². The molecule has 0 fully saturated rings. The van der Waals surface area contributed by atoms with E-state index >= 15 is 0 Å². The molecule has 0 spiro atoms. The van der Waals surface area contributed by atoms with Crippen LogP contribution in [0.3, 0.4) is 0 Å². The smallest absolute Gasteiger partial charge is 0.341 e. The molecular weight excluding hydrogens is 381 g/mol. The van der Waals surface area contributed by atoms with E-state index in [0.717, 1.165) is 11.6 Å². The van der Waals surface area contributed by atoms with E-state index in [-0.39, 0.29) is 11.3 Å². The van der Waals surface area contributed by atoms with Gasteiger partial charge in [-0.15, -0.1) is 0 Å². The lowest BCUT2D eigenvalue weighted by Crippen LogP contribution is -2.34. The number of halogens is 1. The van der Waals surface area contributed by atoms with Crippen molar-refractivity contribution < 1.29 is 32.9 Å². The van der Waals surface area contributed by atoms with Crippen LogP contribution in [0.2, 0.25) is 0 Å². The van der Waals surface area contributed by atoms with Crippen molar-refractivity contribution in [3.05, 3.63) is 53.3 Å². The summed E-state index contributed by atoms with van der Waals surface area (Å²) < 4.78 is 34.3. The molecule has 0 saturated carbocycles. The number of benzene rings is 2. The molecule has 0 aliphatic carbocycles. The standard InChI is InChI=1S/C21H24FNO6/c1-5-23(12-14-6-9-18(27-3)19(10-14)28-4)20(24)13-29-21(25)16-8-7-15(26-2)11-17(16)22/h6-11H,5,12-13H2,1-4H3. The monoisotopic (exact) mass is 405 g/mol. The third-order valence-electron chi connectivity index (χ3n) is 4.28. The van der Waals surface area contributed by atoms with E-state index < -0.39 is 24.3 Å². The molecule has 7 nitrogen and oxygen atoms in total. The summed E-state index contributed by atoms with van der Waals surface area (Å²) in [6.45, 7) is 2.01. The number of nitrogens with zero attached hydrogens (tertiary/aromatic N) is 1. The second kappa shape index (κ2) is 10.3. The van der Waals surface area contributed by atoms with Crippen molar-refractivity contribution in [2.75, 3.05) is 34.5 Å². The number of rotatable bonds is 9. The summed E-state index contributed by atoms with van der Waals surface area (Å²) >= 11 is 0. The van der Waals surface area contributed by atoms with Crippen molar-refractivity contribution in [3.63, 3.8) is 0 Å². The molecule has 0 unspecified atom stereocenters. The highest BCUT2D eigenvalue weighted by Crippen LogP contribution is 2.28. The van der Waals surface area contributed by atoms with E-state index in [2.05, 4.69) is 0 Å². The zero-order chi connectivity index (χ0) is 21.4. The Hall–Kier alpha value is -3.29. The largest absolute Gasteiger partial charge is 0.497 e. The Morgan fingerprint density at radius 3 is 2.28 bits per heavy atom. The van der Waals surface area contributed by atoms with Gasteiger partial charge >= 0.3 is 5.97 Å². The fourth-order valence-electron chi connectivity index (χ4n) is 2.66. The van der Waals surface area contributed by atoms with Crippen LogP contribution in [0, 0.1) is 5.82 Å². The summed E-state index contributed by atoms with van der Waals surface area (Å²) in [6, 6.07) is 9.11. The molecular formula is C21H24FNO6. The molecule has 2 rings (SSSR count). The Kier molecular flexibility index (Phi) is 7.82. The number of amides is 1. The highest BCUT2D eigenvalue weighted by molar-refractivity contribution is 5.91. The van der Waals surface area contributed by atoms with Crippen molar-refractivity contribution in [2.24, 2.45) is 0 Å². The second-order valence-electron chi connectivity index (χ2n) is 6.02. The first-order valence-corrected chi connectivity index (χ1v) is 8.92. The molecule has 1 amide bonds. The molecule has 2 aromatic carbocycles. The molecule has 0 aliphatic heterocycles. The van der Waals surface area contributed by atoms with Gasteiger partial charge in [-0.25, -0.2) is 9.18 Å². The molecule has 0 aromatic heterocycles. The Labute approximate surface area is 168 Å². The van der Waals surface area contributed by atoms with Crippen molar-refractivity contribution in [3.8, 4) is 17.2 Å². The van der Waals surface area contributed by atoms with Crippen LogP contribution in [0.15, 0.2) is 36.4 Å². The van der Waals surface area contributed by atoms with E-state index in [1.165, 1.54) is 31.3 Å². The van der Waals surface area contributed by atoms with Gasteiger partial charge in [0.15, 0.2) is 18.1 Å². The van der Waals surface area contributed by atoms with Crippen molar-refractivity contribution in [2.45, 2.75) is 13.5 Å². The Balaban J connectivity index is 2.00. The zero-order valence-electron chi connectivity index (χ0n) is 16.9. The van der Waals surface area contributed by atoms with Crippen LogP contribution in [-0.2, 0) is 16.1 Å². The molecule has 29 heavy (non-hydrogen) atoms. The lowest BCUT2D eigenvalue weighted by molar-refractivity contribution is -0.135. The van der Waals surface area contributed by atoms with E-state index in [0.29, 0.717) is 24.6 Å². The molecule has 0 radical (unpaired) electrons. The van der Waals surface area contributed by atoms with Gasteiger partial charge in [0.1, 0.15) is 11.6 Å². The van der Waals surface area contributed by atoms with Gasteiger partial charge in [-0.2, -0.15) is 0 Å². The number of methoxy groups -OCH3 is 3. The van der Waals surface area contributed by atoms with Crippen molar-refractivity contribution in [1.82, 2.24) is 4.90 Å². The zero-order valence-corrected chi connectivity index (χ0v) is 16.9. The van der Waals surface area contributed by atoms with Gasteiger partial charge < -0.3 is 23.8 Å². The van der Waals surface area contributed by atoms with Crippen LogP contribution >= 0.6 is 0 Å². The lowest BCUT2D eigenvalue weighted by atomic mass is 10.2. The number of hydrogen-bond donors (Lipinski definition) is 0. The molecule has 0 N–H and O–H groups in total. The molecule has 0 atom stereocenters. The number of hydrogen-bond acceptors (Lipinski definition) is 6. The van der Waals surface area contributed by atoms with Crippen LogP contribution in [0.4, 0.5) is 4.39 Å². The van der Waals surface area contributed by atoms with Gasteiger partial charge in [-0.3, -0.25) is 4.79 Å². The van der Waals surface area contributed by atoms with Crippen molar-refractivity contribution in [1.29, 1.82) is 0 Å². The maximum Gasteiger partial charge on any atom is 0.341 e.